The molecule has 0 N–H and O–H groups in total. The molecule has 0 fully saturated rings. The van der Waals surface area contributed by atoms with Crippen LogP contribution in [0.4, 0.5) is 0 Å². The molecule has 0 unspecified atom stereocenters. The number of thiazole rings is 1. The van der Waals surface area contributed by atoms with Crippen LogP contribution >= 0.6 is 11.3 Å². The summed E-state index contributed by atoms with van der Waals surface area (Å²) in [4.78, 5) is 15.3. The van der Waals surface area contributed by atoms with E-state index in [1.165, 1.54) is 37.1 Å². The van der Waals surface area contributed by atoms with Crippen molar-refractivity contribution in [3.05, 3.63) is 28.8 Å². The van der Waals surface area contributed by atoms with Crippen molar-refractivity contribution in [1.82, 2.24) is 4.98 Å². The molecule has 0 spiro atoms. The number of fused-ring (bicyclic) bond motifs is 1. The Bertz CT molecular complexity index is 518. The van der Waals surface area contributed by atoms with Crippen molar-refractivity contribution in [2.45, 2.75) is 45.4 Å². The van der Waals surface area contributed by atoms with Gasteiger partial charge in [-0.25, -0.2) is 4.98 Å². The maximum absolute atomic E-state index is 10.7. The molecule has 96 valence electrons. The number of carbonyl (C=O) groups excluding carboxylic acids is 1. The van der Waals surface area contributed by atoms with Gasteiger partial charge in [0.1, 0.15) is 6.29 Å². The van der Waals surface area contributed by atoms with Gasteiger partial charge >= 0.3 is 0 Å². The Balaban J connectivity index is 1.95. The van der Waals surface area contributed by atoms with Crippen molar-refractivity contribution in [2.24, 2.45) is 0 Å². The fourth-order valence-electron chi connectivity index (χ4n) is 2.05. The van der Waals surface area contributed by atoms with Crippen molar-refractivity contribution in [1.29, 1.82) is 0 Å². The minimum absolute atomic E-state index is 0.737. The molecular weight excluding hydrogens is 242 g/mol. The van der Waals surface area contributed by atoms with E-state index in [2.05, 4.69) is 11.9 Å². The maximum atomic E-state index is 10.7. The number of benzene rings is 1. The molecule has 2 nitrogen and oxygen atoms in total. The molecule has 3 heteroatoms. The number of aldehydes is 1. The molecule has 0 bridgehead atoms. The summed E-state index contributed by atoms with van der Waals surface area (Å²) in [5.41, 5.74) is 1.76. The van der Waals surface area contributed by atoms with Crippen LogP contribution in [0.25, 0.3) is 10.2 Å². The van der Waals surface area contributed by atoms with Gasteiger partial charge in [0.05, 0.1) is 15.2 Å². The quantitative estimate of drug-likeness (QED) is 0.537. The van der Waals surface area contributed by atoms with Crippen LogP contribution < -0.4 is 0 Å². The summed E-state index contributed by atoms with van der Waals surface area (Å²) < 4.78 is 1.13. The first-order chi connectivity index (χ1) is 8.83. The van der Waals surface area contributed by atoms with Crippen LogP contribution in [0.3, 0.4) is 0 Å². The zero-order valence-corrected chi connectivity index (χ0v) is 11.6. The highest BCUT2D eigenvalue weighted by molar-refractivity contribution is 7.18. The summed E-state index contributed by atoms with van der Waals surface area (Å²) in [5.74, 6) is 0. The molecule has 1 aromatic heterocycles. The highest BCUT2D eigenvalue weighted by Crippen LogP contribution is 2.24. The van der Waals surface area contributed by atoms with E-state index in [1.54, 1.807) is 11.3 Å². The number of rotatable bonds is 7. The first kappa shape index (κ1) is 13.2. The average Bonchev–Trinajstić information content (AvgIpc) is 2.80. The molecule has 2 aromatic rings. The number of aryl methyl sites for hydroxylation is 1. The van der Waals surface area contributed by atoms with E-state index in [0.717, 1.165) is 28.5 Å². The predicted octanol–water partition coefficient (Wildman–Crippen LogP) is 4.62. The van der Waals surface area contributed by atoms with Gasteiger partial charge in [0.15, 0.2) is 0 Å². The number of unbranched alkanes of at least 4 members (excludes halogenated alkanes) is 4. The van der Waals surface area contributed by atoms with Gasteiger partial charge in [0.25, 0.3) is 0 Å². The lowest BCUT2D eigenvalue weighted by Crippen LogP contribution is -1.84. The lowest BCUT2D eigenvalue weighted by atomic mass is 10.1. The van der Waals surface area contributed by atoms with Crippen LogP contribution in [-0.4, -0.2) is 11.3 Å². The van der Waals surface area contributed by atoms with Gasteiger partial charge in [-0.1, -0.05) is 32.6 Å². The minimum atomic E-state index is 0.737. The van der Waals surface area contributed by atoms with Crippen LogP contribution in [0.1, 0.15) is 54.4 Å². The standard InChI is InChI=1S/C15H19NOS/c1-2-3-4-5-6-7-15-16-13-9-8-12(11-17)10-14(13)18-15/h8-11H,2-7H2,1H3. The average molecular weight is 261 g/mol. The van der Waals surface area contributed by atoms with Crippen molar-refractivity contribution >= 4 is 27.8 Å². The Kier molecular flexibility index (Phi) is 4.88. The molecule has 0 aliphatic carbocycles. The molecule has 1 aromatic carbocycles. The third kappa shape index (κ3) is 3.39. The van der Waals surface area contributed by atoms with Crippen molar-refractivity contribution in [3.63, 3.8) is 0 Å². The fraction of sp³-hybridized carbons (Fsp3) is 0.467. The SMILES string of the molecule is CCCCCCCc1nc2ccc(C=O)cc2s1. The molecular formula is C15H19NOS. The number of hydrogen-bond acceptors (Lipinski definition) is 3. The Hall–Kier alpha value is -1.22. The second-order valence-corrected chi connectivity index (χ2v) is 5.73. The summed E-state index contributed by atoms with van der Waals surface area (Å²) in [6.45, 7) is 2.23. The zero-order chi connectivity index (χ0) is 12.8. The molecule has 18 heavy (non-hydrogen) atoms. The van der Waals surface area contributed by atoms with Crippen LogP contribution in [-0.2, 0) is 6.42 Å². The first-order valence-electron chi connectivity index (χ1n) is 6.68. The van der Waals surface area contributed by atoms with E-state index in [4.69, 9.17) is 0 Å². The monoisotopic (exact) mass is 261 g/mol. The second kappa shape index (κ2) is 6.64. The van der Waals surface area contributed by atoms with Crippen LogP contribution in [0.15, 0.2) is 18.2 Å². The lowest BCUT2D eigenvalue weighted by molar-refractivity contribution is 0.112. The van der Waals surface area contributed by atoms with Crippen LogP contribution in [0, 0.1) is 0 Å². The number of nitrogens with zero attached hydrogens (tertiary/aromatic N) is 1. The van der Waals surface area contributed by atoms with Gasteiger partial charge in [-0.15, -0.1) is 11.3 Å². The third-order valence-electron chi connectivity index (χ3n) is 3.09. The van der Waals surface area contributed by atoms with Crippen LogP contribution in [0.2, 0.25) is 0 Å². The summed E-state index contributed by atoms with van der Waals surface area (Å²) in [6.07, 6.45) is 8.43. The molecule has 1 heterocycles. The highest BCUT2D eigenvalue weighted by atomic mass is 32.1. The summed E-state index contributed by atoms with van der Waals surface area (Å²) in [6, 6.07) is 5.71. The number of hydrogen-bond donors (Lipinski definition) is 0. The Morgan fingerprint density at radius 3 is 2.83 bits per heavy atom. The largest absolute Gasteiger partial charge is 0.298 e. The topological polar surface area (TPSA) is 30.0 Å². The number of aromatic nitrogens is 1. The normalized spacial score (nSPS) is 10.9. The van der Waals surface area contributed by atoms with Crippen molar-refractivity contribution in [3.8, 4) is 0 Å². The Morgan fingerprint density at radius 1 is 1.22 bits per heavy atom. The van der Waals surface area contributed by atoms with Gasteiger partial charge < -0.3 is 0 Å². The smallest absolute Gasteiger partial charge is 0.150 e. The van der Waals surface area contributed by atoms with E-state index in [1.807, 2.05) is 18.2 Å². The Labute approximate surface area is 112 Å². The van der Waals surface area contributed by atoms with E-state index >= 15 is 0 Å². The van der Waals surface area contributed by atoms with E-state index < -0.39 is 0 Å². The van der Waals surface area contributed by atoms with Crippen molar-refractivity contribution in [2.75, 3.05) is 0 Å². The van der Waals surface area contributed by atoms with Gasteiger partial charge in [-0.3, -0.25) is 4.79 Å². The van der Waals surface area contributed by atoms with Gasteiger partial charge in [0, 0.05) is 5.56 Å². The lowest BCUT2D eigenvalue weighted by Gasteiger charge is -1.96. The van der Waals surface area contributed by atoms with E-state index in [9.17, 15) is 4.79 Å². The molecule has 0 amide bonds. The zero-order valence-electron chi connectivity index (χ0n) is 10.8. The molecule has 0 radical (unpaired) electrons. The maximum Gasteiger partial charge on any atom is 0.150 e. The van der Waals surface area contributed by atoms with Gasteiger partial charge in [-0.05, 0) is 31.0 Å². The molecule has 0 saturated heterocycles. The molecule has 0 aliphatic heterocycles. The summed E-state index contributed by atoms with van der Waals surface area (Å²) >= 11 is 1.72. The van der Waals surface area contributed by atoms with Crippen LogP contribution in [0.5, 0.6) is 0 Å². The predicted molar refractivity (Wildman–Crippen MR) is 77.5 cm³/mol. The molecule has 0 atom stereocenters. The minimum Gasteiger partial charge on any atom is -0.298 e. The van der Waals surface area contributed by atoms with E-state index in [-0.39, 0.29) is 0 Å². The van der Waals surface area contributed by atoms with E-state index in [0.29, 0.717) is 0 Å². The highest BCUT2D eigenvalue weighted by Gasteiger charge is 2.04. The van der Waals surface area contributed by atoms with Crippen molar-refractivity contribution < 1.29 is 4.79 Å². The summed E-state index contributed by atoms with van der Waals surface area (Å²) in [5, 5.41) is 1.20. The number of carbonyl (C=O) groups is 1. The van der Waals surface area contributed by atoms with Gasteiger partial charge in [-0.2, -0.15) is 0 Å². The molecule has 0 aliphatic rings. The third-order valence-corrected chi connectivity index (χ3v) is 4.17. The van der Waals surface area contributed by atoms with Gasteiger partial charge in [0.2, 0.25) is 0 Å². The molecule has 0 saturated carbocycles. The summed E-state index contributed by atoms with van der Waals surface area (Å²) in [7, 11) is 0. The second-order valence-electron chi connectivity index (χ2n) is 4.62. The molecule has 2 rings (SSSR count). The fourth-order valence-corrected chi connectivity index (χ4v) is 3.11. The first-order valence-corrected chi connectivity index (χ1v) is 7.50. The Morgan fingerprint density at radius 2 is 2.06 bits per heavy atom.